The van der Waals surface area contributed by atoms with Gasteiger partial charge in [0.25, 0.3) is 0 Å². The molecule has 2 aliphatic heterocycles. The van der Waals surface area contributed by atoms with Crippen LogP contribution in [0.2, 0.25) is 0 Å². The van der Waals surface area contributed by atoms with Gasteiger partial charge in [-0.2, -0.15) is 5.26 Å². The van der Waals surface area contributed by atoms with Crippen molar-refractivity contribution in [3.8, 4) is 6.07 Å². The van der Waals surface area contributed by atoms with E-state index in [4.69, 9.17) is 0 Å². The Morgan fingerprint density at radius 3 is 3.10 bits per heavy atom. The first-order valence-electron chi connectivity index (χ1n) is 7.13. The van der Waals surface area contributed by atoms with E-state index < -0.39 is 0 Å². The zero-order valence-electron chi connectivity index (χ0n) is 11.2. The summed E-state index contributed by atoms with van der Waals surface area (Å²) in [4.78, 5) is 6.83. The lowest BCUT2D eigenvalue weighted by molar-refractivity contribution is 0.579. The van der Waals surface area contributed by atoms with Crippen LogP contribution in [-0.2, 0) is 0 Å². The summed E-state index contributed by atoms with van der Waals surface area (Å²) in [5.41, 5.74) is 2.74. The highest BCUT2D eigenvalue weighted by Gasteiger charge is 2.38. The summed E-state index contributed by atoms with van der Waals surface area (Å²) in [7, 11) is 0. The molecule has 100 valence electrons. The smallest absolute Gasteiger partial charge is 0.103 e. The van der Waals surface area contributed by atoms with Crippen LogP contribution >= 0.6 is 0 Å². The fourth-order valence-electron chi connectivity index (χ4n) is 3.64. The van der Waals surface area contributed by atoms with Crippen LogP contribution in [0.4, 0.5) is 5.69 Å². The molecule has 0 unspecified atom stereocenters. The van der Waals surface area contributed by atoms with Gasteiger partial charge in [0.1, 0.15) is 6.07 Å². The topological polar surface area (TPSA) is 52.0 Å². The summed E-state index contributed by atoms with van der Waals surface area (Å²) >= 11 is 0. The average molecular weight is 264 g/mol. The molecular weight excluding hydrogens is 248 g/mol. The summed E-state index contributed by atoms with van der Waals surface area (Å²) < 4.78 is 0. The summed E-state index contributed by atoms with van der Waals surface area (Å²) in [6.45, 7) is 3.16. The molecule has 2 aliphatic rings. The Labute approximate surface area is 118 Å². The molecule has 4 nitrogen and oxygen atoms in total. The zero-order chi connectivity index (χ0) is 13.5. The van der Waals surface area contributed by atoms with Gasteiger partial charge in [0.05, 0.1) is 16.8 Å². The van der Waals surface area contributed by atoms with E-state index in [2.05, 4.69) is 27.3 Å². The maximum atomic E-state index is 9.45. The van der Waals surface area contributed by atoms with E-state index >= 15 is 0 Å². The van der Waals surface area contributed by atoms with E-state index in [0.717, 1.165) is 36.2 Å². The average Bonchev–Trinajstić information content (AvgIpc) is 3.09. The van der Waals surface area contributed by atoms with E-state index in [-0.39, 0.29) is 0 Å². The zero-order valence-corrected chi connectivity index (χ0v) is 11.2. The maximum absolute atomic E-state index is 9.45. The van der Waals surface area contributed by atoms with Crippen LogP contribution in [0.5, 0.6) is 0 Å². The number of para-hydroxylation sites is 1. The molecule has 2 aromatic rings. The molecule has 0 saturated carbocycles. The van der Waals surface area contributed by atoms with E-state index in [1.165, 1.54) is 6.42 Å². The minimum absolute atomic E-state index is 0.521. The minimum Gasteiger partial charge on any atom is -0.365 e. The molecule has 0 spiro atoms. The van der Waals surface area contributed by atoms with Gasteiger partial charge in [-0.1, -0.05) is 18.2 Å². The first kappa shape index (κ1) is 11.7. The Hall–Kier alpha value is -2.12. The molecule has 4 heteroatoms. The van der Waals surface area contributed by atoms with Crippen molar-refractivity contribution in [1.29, 1.82) is 5.26 Å². The second-order valence-electron chi connectivity index (χ2n) is 5.62. The molecule has 3 heterocycles. The number of nitriles is 1. The molecule has 20 heavy (non-hydrogen) atoms. The van der Waals surface area contributed by atoms with E-state index in [9.17, 15) is 5.26 Å². The third kappa shape index (κ3) is 1.60. The van der Waals surface area contributed by atoms with Crippen LogP contribution < -0.4 is 10.2 Å². The van der Waals surface area contributed by atoms with Crippen LogP contribution in [0, 0.1) is 17.2 Å². The third-order valence-electron chi connectivity index (χ3n) is 4.60. The number of hydrogen-bond donors (Lipinski definition) is 1. The van der Waals surface area contributed by atoms with Gasteiger partial charge in [-0.15, -0.1) is 0 Å². The summed E-state index contributed by atoms with van der Waals surface area (Å²) in [5.74, 6) is 0.716. The molecule has 4 rings (SSSR count). The van der Waals surface area contributed by atoms with Crippen molar-refractivity contribution in [1.82, 2.24) is 10.3 Å². The molecular formula is C16H16N4. The monoisotopic (exact) mass is 264 g/mol. The van der Waals surface area contributed by atoms with Crippen LogP contribution in [-0.4, -0.2) is 30.7 Å². The number of nitrogens with one attached hydrogen (secondary N) is 1. The Bertz CT molecular complexity index is 703. The summed E-state index contributed by atoms with van der Waals surface area (Å²) in [6, 6.07) is 11.0. The van der Waals surface area contributed by atoms with Gasteiger partial charge in [-0.05, 0) is 18.4 Å². The predicted octanol–water partition coefficient (Wildman–Crippen LogP) is 1.90. The number of anilines is 1. The standard InChI is InChI=1S/C16H16N4/c17-7-12-9-19-14-4-2-1-3-13(14)16(12)20-6-5-11-8-18-10-15(11)20/h1-4,9,11,15,18H,5-6,8,10H2/t11-,15+/m0/s1. The minimum atomic E-state index is 0.521. The molecule has 1 aromatic heterocycles. The second-order valence-corrected chi connectivity index (χ2v) is 5.62. The second kappa shape index (κ2) is 4.46. The highest BCUT2D eigenvalue weighted by Crippen LogP contribution is 2.37. The van der Waals surface area contributed by atoms with Gasteiger partial charge in [0.2, 0.25) is 0 Å². The SMILES string of the molecule is N#Cc1cnc2ccccc2c1N1CC[C@H]2CNC[C@H]21. The molecule has 0 aliphatic carbocycles. The lowest BCUT2D eigenvalue weighted by atomic mass is 10.0. The molecule has 0 amide bonds. The summed E-state index contributed by atoms with van der Waals surface area (Å²) in [6.07, 6.45) is 2.92. The van der Waals surface area contributed by atoms with Gasteiger partial charge >= 0.3 is 0 Å². The van der Waals surface area contributed by atoms with E-state index in [1.807, 2.05) is 18.2 Å². The first-order valence-corrected chi connectivity index (χ1v) is 7.13. The number of pyridine rings is 1. The third-order valence-corrected chi connectivity index (χ3v) is 4.60. The van der Waals surface area contributed by atoms with Crippen molar-refractivity contribution in [2.24, 2.45) is 5.92 Å². The number of rotatable bonds is 1. The Balaban J connectivity index is 1.92. The van der Waals surface area contributed by atoms with E-state index in [1.54, 1.807) is 6.20 Å². The number of hydrogen-bond acceptors (Lipinski definition) is 4. The van der Waals surface area contributed by atoms with Gasteiger partial charge in [-0.25, -0.2) is 0 Å². The van der Waals surface area contributed by atoms with Gasteiger partial charge < -0.3 is 10.2 Å². The van der Waals surface area contributed by atoms with Gasteiger partial charge in [0.15, 0.2) is 0 Å². The molecule has 2 atom stereocenters. The van der Waals surface area contributed by atoms with Crippen LogP contribution in [0.3, 0.4) is 0 Å². The lowest BCUT2D eigenvalue weighted by Crippen LogP contribution is -2.34. The van der Waals surface area contributed by atoms with Crippen molar-refractivity contribution >= 4 is 16.6 Å². The van der Waals surface area contributed by atoms with Crippen molar-refractivity contribution in [3.05, 3.63) is 36.0 Å². The number of aromatic nitrogens is 1. The highest BCUT2D eigenvalue weighted by atomic mass is 15.2. The Morgan fingerprint density at radius 2 is 2.20 bits per heavy atom. The number of fused-ring (bicyclic) bond motifs is 2. The Kier molecular flexibility index (Phi) is 2.61. The van der Waals surface area contributed by atoms with Crippen LogP contribution in [0.15, 0.2) is 30.5 Å². The van der Waals surface area contributed by atoms with Crippen molar-refractivity contribution in [2.45, 2.75) is 12.5 Å². The molecule has 2 saturated heterocycles. The summed E-state index contributed by atoms with van der Waals surface area (Å²) in [5, 5.41) is 14.0. The first-order chi connectivity index (χ1) is 9.88. The quantitative estimate of drug-likeness (QED) is 0.854. The van der Waals surface area contributed by atoms with Crippen LogP contribution in [0.25, 0.3) is 10.9 Å². The predicted molar refractivity (Wildman–Crippen MR) is 78.6 cm³/mol. The maximum Gasteiger partial charge on any atom is 0.103 e. The molecule has 0 bridgehead atoms. The largest absolute Gasteiger partial charge is 0.365 e. The van der Waals surface area contributed by atoms with Crippen molar-refractivity contribution < 1.29 is 0 Å². The van der Waals surface area contributed by atoms with Crippen molar-refractivity contribution in [2.75, 3.05) is 24.5 Å². The molecule has 2 fully saturated rings. The fraction of sp³-hybridized carbons (Fsp3) is 0.375. The van der Waals surface area contributed by atoms with Gasteiger partial charge in [-0.3, -0.25) is 4.98 Å². The number of benzene rings is 1. The van der Waals surface area contributed by atoms with Gasteiger partial charge in [0, 0.05) is 37.3 Å². The normalized spacial score (nSPS) is 24.9. The Morgan fingerprint density at radius 1 is 1.30 bits per heavy atom. The molecule has 1 N–H and O–H groups in total. The molecule has 1 aromatic carbocycles. The lowest BCUT2D eigenvalue weighted by Gasteiger charge is -2.27. The van der Waals surface area contributed by atoms with Crippen LogP contribution in [0.1, 0.15) is 12.0 Å². The van der Waals surface area contributed by atoms with Crippen molar-refractivity contribution in [3.63, 3.8) is 0 Å². The fourth-order valence-corrected chi connectivity index (χ4v) is 3.64. The van der Waals surface area contributed by atoms with E-state index in [0.29, 0.717) is 17.5 Å². The highest BCUT2D eigenvalue weighted by molar-refractivity contribution is 5.94. The molecule has 0 radical (unpaired) electrons. The number of nitrogens with zero attached hydrogens (tertiary/aromatic N) is 3.